The van der Waals surface area contributed by atoms with E-state index < -0.39 is 10.0 Å². The summed E-state index contributed by atoms with van der Waals surface area (Å²) in [6, 6.07) is 6.39. The average Bonchev–Trinajstić information content (AvgIpc) is 3.21. The molecule has 1 N–H and O–H groups in total. The summed E-state index contributed by atoms with van der Waals surface area (Å²) in [5.74, 6) is 0.560. The monoisotopic (exact) mass is 362 g/mol. The molecule has 2 aromatic rings. The Kier molecular flexibility index (Phi) is 3.77. The molecule has 1 atom stereocenters. The fourth-order valence-corrected chi connectivity index (χ4v) is 4.71. The molecule has 1 aromatic heterocycles. The minimum Gasteiger partial charge on any atom is -0.449 e. The van der Waals surface area contributed by atoms with Crippen LogP contribution in [0.4, 0.5) is 4.79 Å². The van der Waals surface area contributed by atoms with Crippen LogP contribution in [0.3, 0.4) is 0 Å². The van der Waals surface area contributed by atoms with E-state index in [0.717, 1.165) is 5.56 Å². The van der Waals surface area contributed by atoms with Crippen molar-refractivity contribution in [1.82, 2.24) is 19.5 Å². The van der Waals surface area contributed by atoms with E-state index in [4.69, 9.17) is 4.42 Å². The molecule has 0 saturated carbocycles. The summed E-state index contributed by atoms with van der Waals surface area (Å²) in [4.78, 5) is 17.8. The number of benzene rings is 1. The molecule has 0 bridgehead atoms. The Balaban J connectivity index is 1.55. The molecule has 2 saturated heterocycles. The van der Waals surface area contributed by atoms with E-state index in [1.54, 1.807) is 42.4 Å². The molecule has 3 heterocycles. The second-order valence-corrected chi connectivity index (χ2v) is 8.11. The number of piperazine rings is 1. The molecule has 4 rings (SSSR count). The molecule has 1 aromatic carbocycles. The Morgan fingerprint density at radius 3 is 2.68 bits per heavy atom. The highest BCUT2D eigenvalue weighted by atomic mass is 32.2. The van der Waals surface area contributed by atoms with E-state index >= 15 is 0 Å². The van der Waals surface area contributed by atoms with Crippen LogP contribution in [0.25, 0.3) is 11.3 Å². The standard InChI is InChI=1S/C16H18N4O4S/c1-11-18-15(10-24-11)12-2-4-14(5-3-12)25(22,23)19-6-7-20-13(9-19)8-17-16(20)21/h2-5,10,13H,6-9H2,1H3,(H,17,21)/t13-/m0/s1. The Morgan fingerprint density at radius 2 is 2.00 bits per heavy atom. The van der Waals surface area contributed by atoms with E-state index in [2.05, 4.69) is 10.3 Å². The number of sulfonamides is 1. The van der Waals surface area contributed by atoms with Gasteiger partial charge in [0.25, 0.3) is 0 Å². The van der Waals surface area contributed by atoms with Crippen molar-refractivity contribution in [1.29, 1.82) is 0 Å². The van der Waals surface area contributed by atoms with Crippen LogP contribution in [-0.2, 0) is 10.0 Å². The maximum Gasteiger partial charge on any atom is 0.317 e. The lowest BCUT2D eigenvalue weighted by molar-refractivity contribution is 0.164. The fourth-order valence-electron chi connectivity index (χ4n) is 3.24. The van der Waals surface area contributed by atoms with E-state index in [9.17, 15) is 13.2 Å². The minimum absolute atomic E-state index is 0.103. The number of rotatable bonds is 3. The second-order valence-electron chi connectivity index (χ2n) is 6.17. The van der Waals surface area contributed by atoms with Crippen molar-refractivity contribution < 1.29 is 17.6 Å². The van der Waals surface area contributed by atoms with Gasteiger partial charge in [0, 0.05) is 38.7 Å². The summed E-state index contributed by atoms with van der Waals surface area (Å²) in [6.07, 6.45) is 1.54. The Morgan fingerprint density at radius 1 is 1.24 bits per heavy atom. The number of nitrogens with one attached hydrogen (secondary N) is 1. The van der Waals surface area contributed by atoms with Crippen LogP contribution in [-0.4, -0.2) is 60.9 Å². The number of aryl methyl sites for hydroxylation is 1. The predicted octanol–water partition coefficient (Wildman–Crippen LogP) is 1.05. The maximum absolute atomic E-state index is 12.9. The highest BCUT2D eigenvalue weighted by Crippen LogP contribution is 2.25. The van der Waals surface area contributed by atoms with Gasteiger partial charge in [0.1, 0.15) is 12.0 Å². The van der Waals surface area contributed by atoms with Crippen LogP contribution in [0.5, 0.6) is 0 Å². The van der Waals surface area contributed by atoms with Gasteiger partial charge in [0.15, 0.2) is 5.89 Å². The summed E-state index contributed by atoms with van der Waals surface area (Å²) in [5, 5.41) is 2.75. The fraction of sp³-hybridized carbons (Fsp3) is 0.375. The summed E-state index contributed by atoms with van der Waals surface area (Å²) in [5.41, 5.74) is 1.47. The van der Waals surface area contributed by atoms with Crippen molar-refractivity contribution in [3.8, 4) is 11.3 Å². The molecule has 2 aliphatic heterocycles. The van der Waals surface area contributed by atoms with Crippen LogP contribution in [0, 0.1) is 6.92 Å². The minimum atomic E-state index is -3.59. The number of nitrogens with zero attached hydrogens (tertiary/aromatic N) is 3. The first-order valence-corrected chi connectivity index (χ1v) is 9.46. The Labute approximate surface area is 145 Å². The van der Waals surface area contributed by atoms with Crippen LogP contribution >= 0.6 is 0 Å². The first-order chi connectivity index (χ1) is 11.9. The zero-order valence-electron chi connectivity index (χ0n) is 13.7. The molecule has 0 radical (unpaired) electrons. The van der Waals surface area contributed by atoms with Crippen LogP contribution in [0.1, 0.15) is 5.89 Å². The lowest BCUT2D eigenvalue weighted by Gasteiger charge is -2.35. The molecule has 2 amide bonds. The van der Waals surface area contributed by atoms with Crippen LogP contribution in [0.2, 0.25) is 0 Å². The molecule has 2 fully saturated rings. The number of amides is 2. The molecule has 0 aliphatic carbocycles. The van der Waals surface area contributed by atoms with E-state index in [0.29, 0.717) is 37.8 Å². The predicted molar refractivity (Wildman–Crippen MR) is 89.3 cm³/mol. The van der Waals surface area contributed by atoms with Gasteiger partial charge >= 0.3 is 6.03 Å². The number of oxazole rings is 1. The lowest BCUT2D eigenvalue weighted by atomic mass is 10.2. The number of hydrogen-bond acceptors (Lipinski definition) is 5. The third-order valence-corrected chi connectivity index (χ3v) is 6.48. The van der Waals surface area contributed by atoms with Gasteiger partial charge in [0.2, 0.25) is 10.0 Å². The first-order valence-electron chi connectivity index (χ1n) is 8.02. The number of carbonyl (C=O) groups is 1. The largest absolute Gasteiger partial charge is 0.449 e. The summed E-state index contributed by atoms with van der Waals surface area (Å²) in [7, 11) is -3.59. The molecule has 0 spiro atoms. The molecule has 2 aliphatic rings. The molecular weight excluding hydrogens is 344 g/mol. The number of urea groups is 1. The molecule has 132 valence electrons. The van der Waals surface area contributed by atoms with Crippen molar-refractivity contribution in [2.24, 2.45) is 0 Å². The first kappa shape index (κ1) is 16.1. The highest BCUT2D eigenvalue weighted by Gasteiger charge is 2.39. The third-order valence-electron chi connectivity index (χ3n) is 4.60. The molecule has 8 nitrogen and oxygen atoms in total. The van der Waals surface area contributed by atoms with Crippen molar-refractivity contribution in [3.05, 3.63) is 36.4 Å². The number of fused-ring (bicyclic) bond motifs is 1. The van der Waals surface area contributed by atoms with Crippen LogP contribution < -0.4 is 5.32 Å². The average molecular weight is 362 g/mol. The van der Waals surface area contributed by atoms with Gasteiger partial charge in [-0.3, -0.25) is 0 Å². The SMILES string of the molecule is Cc1nc(-c2ccc(S(=O)(=O)N3CCN4C(=O)NC[C@H]4C3)cc2)co1. The molecular formula is C16H18N4O4S. The van der Waals surface area contributed by atoms with Gasteiger partial charge in [-0.25, -0.2) is 18.2 Å². The van der Waals surface area contributed by atoms with Gasteiger partial charge in [-0.1, -0.05) is 12.1 Å². The van der Waals surface area contributed by atoms with Gasteiger partial charge in [-0.05, 0) is 12.1 Å². The highest BCUT2D eigenvalue weighted by molar-refractivity contribution is 7.89. The molecule has 0 unspecified atom stereocenters. The maximum atomic E-state index is 12.9. The third kappa shape index (κ3) is 2.79. The zero-order valence-corrected chi connectivity index (χ0v) is 14.5. The molecule has 9 heteroatoms. The number of hydrogen-bond donors (Lipinski definition) is 1. The van der Waals surface area contributed by atoms with Crippen LogP contribution in [0.15, 0.2) is 39.8 Å². The summed E-state index contributed by atoms with van der Waals surface area (Å²) in [6.45, 7) is 3.26. The van der Waals surface area contributed by atoms with E-state index in [1.165, 1.54) is 4.31 Å². The van der Waals surface area contributed by atoms with Gasteiger partial charge in [0.05, 0.1) is 10.9 Å². The van der Waals surface area contributed by atoms with Crippen molar-refractivity contribution in [2.45, 2.75) is 17.9 Å². The Hall–Kier alpha value is -2.39. The van der Waals surface area contributed by atoms with Crippen molar-refractivity contribution in [2.75, 3.05) is 26.2 Å². The smallest absolute Gasteiger partial charge is 0.317 e. The second kappa shape index (κ2) is 5.85. The topological polar surface area (TPSA) is 95.8 Å². The number of carbonyl (C=O) groups excluding carboxylic acids is 1. The van der Waals surface area contributed by atoms with Gasteiger partial charge in [-0.15, -0.1) is 0 Å². The van der Waals surface area contributed by atoms with Gasteiger partial charge in [-0.2, -0.15) is 4.31 Å². The zero-order chi connectivity index (χ0) is 17.6. The number of aromatic nitrogens is 1. The van der Waals surface area contributed by atoms with Crippen molar-refractivity contribution in [3.63, 3.8) is 0 Å². The van der Waals surface area contributed by atoms with Gasteiger partial charge < -0.3 is 14.6 Å². The summed E-state index contributed by atoms with van der Waals surface area (Å²) < 4.78 is 32.4. The van der Waals surface area contributed by atoms with E-state index in [1.807, 2.05) is 0 Å². The van der Waals surface area contributed by atoms with E-state index in [-0.39, 0.29) is 17.0 Å². The lowest BCUT2D eigenvalue weighted by Crippen LogP contribution is -2.53. The summed E-state index contributed by atoms with van der Waals surface area (Å²) >= 11 is 0. The molecule has 25 heavy (non-hydrogen) atoms. The quantitative estimate of drug-likeness (QED) is 0.880. The Bertz CT molecular complexity index is 906. The van der Waals surface area contributed by atoms with Crippen molar-refractivity contribution >= 4 is 16.1 Å². The normalized spacial score (nSPS) is 21.2.